The maximum absolute atomic E-state index is 12.2. The van der Waals surface area contributed by atoms with Crippen LogP contribution < -0.4 is 14.2 Å². The van der Waals surface area contributed by atoms with E-state index in [-0.39, 0.29) is 6.61 Å². The van der Waals surface area contributed by atoms with E-state index in [0.717, 1.165) is 17.4 Å². The highest BCUT2D eigenvalue weighted by Crippen LogP contribution is 2.25. The normalized spacial score (nSPS) is 9.45. The average molecular weight is 446 g/mol. The van der Waals surface area contributed by atoms with E-state index in [1.54, 1.807) is 24.3 Å². The highest BCUT2D eigenvalue weighted by molar-refractivity contribution is 5.91. The molecule has 0 aliphatic carbocycles. The van der Waals surface area contributed by atoms with Crippen LogP contribution in [-0.4, -0.2) is 25.0 Å². The third-order valence-electron chi connectivity index (χ3n) is 4.10. The van der Waals surface area contributed by atoms with Crippen molar-refractivity contribution in [2.75, 3.05) is 6.61 Å². The van der Waals surface area contributed by atoms with E-state index < -0.39 is 11.9 Å². The Kier molecular flexibility index (Phi) is 9.63. The standard InChI is InChI=1S/C24H18O7.C2H4/c1-2-28-23(26)15-29-20-9-3-17(4-10-20)18-5-13-22(14-6-18)31-24(27)19-7-11-21(12-8-19)30-16-25;1-2/h2-14,16H,1,15H2;1-2H2. The van der Waals surface area contributed by atoms with Crippen LogP contribution in [0.3, 0.4) is 0 Å². The molecule has 7 heteroatoms. The zero-order chi connectivity index (χ0) is 24.1. The van der Waals surface area contributed by atoms with Crippen molar-refractivity contribution in [2.45, 2.75) is 0 Å². The fourth-order valence-electron chi connectivity index (χ4n) is 2.62. The van der Waals surface area contributed by atoms with Gasteiger partial charge in [0.1, 0.15) is 17.2 Å². The molecule has 3 rings (SSSR count). The van der Waals surface area contributed by atoms with Crippen LogP contribution in [-0.2, 0) is 14.3 Å². The number of carbonyl (C=O) groups excluding carboxylic acids is 3. The molecule has 0 heterocycles. The molecule has 7 nitrogen and oxygen atoms in total. The molecule has 0 radical (unpaired) electrons. The molecule has 33 heavy (non-hydrogen) atoms. The lowest BCUT2D eigenvalue weighted by molar-refractivity contribution is -0.140. The summed E-state index contributed by atoms with van der Waals surface area (Å²) in [6.07, 6.45) is 1.05. The summed E-state index contributed by atoms with van der Waals surface area (Å²) in [7, 11) is 0. The second-order valence-electron chi connectivity index (χ2n) is 6.12. The molecule has 0 aliphatic heterocycles. The summed E-state index contributed by atoms with van der Waals surface area (Å²) in [6.45, 7) is 9.41. The van der Waals surface area contributed by atoms with Crippen LogP contribution in [0.15, 0.2) is 98.8 Å². The van der Waals surface area contributed by atoms with Gasteiger partial charge in [0.05, 0.1) is 11.8 Å². The molecule has 0 saturated carbocycles. The van der Waals surface area contributed by atoms with E-state index >= 15 is 0 Å². The summed E-state index contributed by atoms with van der Waals surface area (Å²) in [5, 5.41) is 0. The number of benzene rings is 3. The first-order valence-corrected chi connectivity index (χ1v) is 9.65. The van der Waals surface area contributed by atoms with Crippen molar-refractivity contribution < 1.29 is 33.3 Å². The van der Waals surface area contributed by atoms with Gasteiger partial charge in [0.2, 0.25) is 0 Å². The van der Waals surface area contributed by atoms with E-state index in [4.69, 9.17) is 14.2 Å². The van der Waals surface area contributed by atoms with Crippen molar-refractivity contribution >= 4 is 18.4 Å². The summed E-state index contributed by atoms with van der Waals surface area (Å²) in [4.78, 5) is 33.8. The Labute approximate surface area is 191 Å². The number of carbonyl (C=O) groups is 3. The van der Waals surface area contributed by atoms with Gasteiger partial charge in [0.15, 0.2) is 6.61 Å². The van der Waals surface area contributed by atoms with Crippen LogP contribution in [0.25, 0.3) is 11.1 Å². The fourth-order valence-corrected chi connectivity index (χ4v) is 2.62. The molecule has 0 bridgehead atoms. The maximum Gasteiger partial charge on any atom is 0.348 e. The molecule has 3 aromatic rings. The van der Waals surface area contributed by atoms with Crippen molar-refractivity contribution in [1.82, 2.24) is 0 Å². The summed E-state index contributed by atoms with van der Waals surface area (Å²) < 4.78 is 20.0. The van der Waals surface area contributed by atoms with E-state index in [2.05, 4.69) is 24.5 Å². The molecule has 3 aromatic carbocycles. The quantitative estimate of drug-likeness (QED) is 0.151. The minimum atomic E-state index is -0.533. The highest BCUT2D eigenvalue weighted by atomic mass is 16.6. The van der Waals surface area contributed by atoms with Crippen molar-refractivity contribution in [2.24, 2.45) is 0 Å². The number of hydrogen-bond donors (Lipinski definition) is 0. The molecule has 0 spiro atoms. The number of rotatable bonds is 9. The van der Waals surface area contributed by atoms with E-state index in [9.17, 15) is 14.4 Å². The largest absolute Gasteiger partial charge is 0.482 e. The van der Waals surface area contributed by atoms with Gasteiger partial charge in [0, 0.05) is 0 Å². The lowest BCUT2D eigenvalue weighted by Crippen LogP contribution is -2.11. The predicted molar refractivity (Wildman–Crippen MR) is 123 cm³/mol. The molecule has 0 fully saturated rings. The smallest absolute Gasteiger partial charge is 0.348 e. The first kappa shape index (κ1) is 24.6. The highest BCUT2D eigenvalue weighted by Gasteiger charge is 2.09. The van der Waals surface area contributed by atoms with Gasteiger partial charge in [-0.25, -0.2) is 9.59 Å². The minimum absolute atomic E-state index is 0.210. The Balaban J connectivity index is 0.00000187. The molecular weight excluding hydrogens is 424 g/mol. The summed E-state index contributed by atoms with van der Waals surface area (Å²) in [5.74, 6) is 0.197. The Morgan fingerprint density at radius 2 is 1.27 bits per heavy atom. The first-order valence-electron chi connectivity index (χ1n) is 9.65. The fraction of sp³-hybridized carbons (Fsp3) is 0.0385. The molecule has 0 aliphatic rings. The van der Waals surface area contributed by atoms with Crippen LogP contribution >= 0.6 is 0 Å². The van der Waals surface area contributed by atoms with E-state index in [1.807, 2.05) is 24.3 Å². The van der Waals surface area contributed by atoms with Gasteiger partial charge in [-0.2, -0.15) is 0 Å². The minimum Gasteiger partial charge on any atom is -0.482 e. The lowest BCUT2D eigenvalue weighted by atomic mass is 10.1. The van der Waals surface area contributed by atoms with Crippen LogP contribution in [0, 0.1) is 0 Å². The molecule has 0 aromatic heterocycles. The van der Waals surface area contributed by atoms with Crippen LogP contribution in [0.5, 0.6) is 17.2 Å². The van der Waals surface area contributed by atoms with Gasteiger partial charge in [-0.15, -0.1) is 13.2 Å². The van der Waals surface area contributed by atoms with Crippen LogP contribution in [0.2, 0.25) is 0 Å². The number of esters is 2. The molecule has 0 atom stereocenters. The van der Waals surface area contributed by atoms with Crippen molar-refractivity contribution in [3.8, 4) is 28.4 Å². The molecule has 0 unspecified atom stereocenters. The summed E-state index contributed by atoms with van der Waals surface area (Å²) in [6, 6.07) is 20.2. The van der Waals surface area contributed by atoms with Crippen molar-refractivity contribution in [3.05, 3.63) is 104 Å². The van der Waals surface area contributed by atoms with Crippen molar-refractivity contribution in [1.29, 1.82) is 0 Å². The van der Waals surface area contributed by atoms with Crippen LogP contribution in [0.1, 0.15) is 10.4 Å². The average Bonchev–Trinajstić information content (AvgIpc) is 2.86. The third kappa shape index (κ3) is 7.52. The second kappa shape index (κ2) is 12.9. The van der Waals surface area contributed by atoms with Crippen LogP contribution in [0.4, 0.5) is 0 Å². The predicted octanol–water partition coefficient (Wildman–Crippen LogP) is 4.98. The zero-order valence-corrected chi connectivity index (χ0v) is 17.8. The van der Waals surface area contributed by atoms with Crippen molar-refractivity contribution in [3.63, 3.8) is 0 Å². The Bertz CT molecular complexity index is 1070. The van der Waals surface area contributed by atoms with Gasteiger partial charge in [0.25, 0.3) is 6.47 Å². The molecule has 168 valence electrons. The lowest BCUT2D eigenvalue weighted by Gasteiger charge is -2.08. The van der Waals surface area contributed by atoms with Gasteiger partial charge >= 0.3 is 11.9 Å². The molecule has 0 amide bonds. The first-order chi connectivity index (χ1) is 16.1. The Hall–Kier alpha value is -4.65. The monoisotopic (exact) mass is 446 g/mol. The molecular formula is C26H22O7. The van der Waals surface area contributed by atoms with Gasteiger partial charge in [-0.3, -0.25) is 4.79 Å². The topological polar surface area (TPSA) is 88.1 Å². The Morgan fingerprint density at radius 3 is 1.79 bits per heavy atom. The molecule has 0 saturated heterocycles. The summed E-state index contributed by atoms with van der Waals surface area (Å²) >= 11 is 0. The zero-order valence-electron chi connectivity index (χ0n) is 17.8. The maximum atomic E-state index is 12.2. The van der Waals surface area contributed by atoms with Gasteiger partial charge in [-0.05, 0) is 59.7 Å². The van der Waals surface area contributed by atoms with Gasteiger partial charge in [-0.1, -0.05) is 30.8 Å². The Morgan fingerprint density at radius 1 is 0.758 bits per heavy atom. The van der Waals surface area contributed by atoms with E-state index in [0.29, 0.717) is 29.3 Å². The second-order valence-corrected chi connectivity index (χ2v) is 6.12. The SMILES string of the molecule is C=C.C=COC(=O)COc1ccc(-c2ccc(OC(=O)c3ccc(OC=O)cc3)cc2)cc1. The third-order valence-corrected chi connectivity index (χ3v) is 4.10. The number of ether oxygens (including phenoxy) is 4. The summed E-state index contributed by atoms with van der Waals surface area (Å²) in [5.41, 5.74) is 2.16. The van der Waals surface area contributed by atoms with Gasteiger partial charge < -0.3 is 18.9 Å². The number of hydrogen-bond acceptors (Lipinski definition) is 7. The van der Waals surface area contributed by atoms with E-state index in [1.165, 1.54) is 24.3 Å². The molecule has 0 N–H and O–H groups in total.